The van der Waals surface area contributed by atoms with Gasteiger partial charge < -0.3 is 15.2 Å². The van der Waals surface area contributed by atoms with E-state index in [4.69, 9.17) is 14.6 Å². The molecule has 2 aromatic carbocycles. The molecule has 2 N–H and O–H groups in total. The second kappa shape index (κ2) is 11.5. The van der Waals surface area contributed by atoms with E-state index in [-0.39, 0.29) is 6.03 Å². The third-order valence-corrected chi connectivity index (χ3v) is 6.25. The molecule has 0 unspecified atom stereocenters. The lowest BCUT2D eigenvalue weighted by Gasteiger charge is -2.28. The van der Waals surface area contributed by atoms with Gasteiger partial charge in [-0.15, -0.1) is 0 Å². The molecule has 2 amide bonds. The van der Waals surface area contributed by atoms with Crippen LogP contribution < -0.4 is 15.0 Å². The van der Waals surface area contributed by atoms with Crippen LogP contribution in [-0.2, 0) is 4.79 Å². The van der Waals surface area contributed by atoms with Crippen molar-refractivity contribution in [1.82, 2.24) is 4.98 Å². The maximum absolute atomic E-state index is 12.8. The molecule has 1 fully saturated rings. The molecule has 7 heteroatoms. The minimum atomic E-state index is -0.833. The van der Waals surface area contributed by atoms with E-state index in [2.05, 4.69) is 34.6 Å². The third kappa shape index (κ3) is 6.38. The number of hydrogen-bond donors (Lipinski definition) is 2. The molecule has 0 saturated heterocycles. The van der Waals surface area contributed by atoms with E-state index < -0.39 is 5.97 Å². The summed E-state index contributed by atoms with van der Waals surface area (Å²) in [6.45, 7) is 2.00. The van der Waals surface area contributed by atoms with Crippen LogP contribution in [0.3, 0.4) is 0 Å². The van der Waals surface area contributed by atoms with Gasteiger partial charge in [-0.05, 0) is 48.1 Å². The number of rotatable bonds is 3. The fraction of sp³-hybridized carbons (Fsp3) is 0.321. The van der Waals surface area contributed by atoms with Crippen LogP contribution in [0.1, 0.15) is 50.5 Å². The lowest BCUT2D eigenvalue weighted by molar-refractivity contribution is -0.134. The van der Waals surface area contributed by atoms with Gasteiger partial charge in [0.15, 0.2) is 11.6 Å². The van der Waals surface area contributed by atoms with E-state index in [1.807, 2.05) is 42.6 Å². The van der Waals surface area contributed by atoms with Gasteiger partial charge in [-0.2, -0.15) is 0 Å². The van der Waals surface area contributed by atoms with E-state index in [0.29, 0.717) is 30.6 Å². The average molecular weight is 474 g/mol. The minimum absolute atomic E-state index is 0.201. The average Bonchev–Trinajstić information content (AvgIpc) is 2.89. The Bertz CT molecular complexity index is 1140. The first-order valence-electron chi connectivity index (χ1n) is 12.1. The molecule has 7 nitrogen and oxygen atoms in total. The van der Waals surface area contributed by atoms with E-state index in [1.165, 1.54) is 37.7 Å². The van der Waals surface area contributed by atoms with Crippen LogP contribution in [0.4, 0.5) is 16.3 Å². The molecule has 0 spiro atoms. The monoisotopic (exact) mass is 473 g/mol. The summed E-state index contributed by atoms with van der Waals surface area (Å²) in [5.41, 5.74) is 4.31. The zero-order chi connectivity index (χ0) is 24.6. The topological polar surface area (TPSA) is 91.8 Å². The fourth-order valence-corrected chi connectivity index (χ4v) is 4.55. The lowest BCUT2D eigenvalue weighted by atomic mass is 9.84. The van der Waals surface area contributed by atoms with Gasteiger partial charge in [-0.25, -0.2) is 9.78 Å². The van der Waals surface area contributed by atoms with Crippen molar-refractivity contribution >= 4 is 23.5 Å². The molecule has 1 aromatic heterocycles. The number of aromatic nitrogens is 1. The number of aliphatic carboxylic acids is 1. The van der Waals surface area contributed by atoms with Crippen LogP contribution in [0.25, 0.3) is 11.1 Å². The highest BCUT2D eigenvalue weighted by Gasteiger charge is 2.26. The Kier molecular flexibility index (Phi) is 7.98. The summed E-state index contributed by atoms with van der Waals surface area (Å²) < 4.78 is 5.85. The van der Waals surface area contributed by atoms with Crippen LogP contribution in [-0.4, -0.2) is 35.2 Å². The molecule has 1 saturated carbocycles. The number of hydrogen-bond acceptors (Lipinski definition) is 4. The number of nitrogens with one attached hydrogen (secondary N) is 1. The molecular weight excluding hydrogens is 442 g/mol. The summed E-state index contributed by atoms with van der Waals surface area (Å²) in [6, 6.07) is 20.1. The van der Waals surface area contributed by atoms with Gasteiger partial charge in [0, 0.05) is 24.4 Å². The first kappa shape index (κ1) is 24.3. The second-order valence-corrected chi connectivity index (χ2v) is 8.82. The summed E-state index contributed by atoms with van der Waals surface area (Å²) in [7, 11) is 0. The number of carbonyl (C=O) groups excluding carboxylic acids is 1. The maximum Gasteiger partial charge on any atom is 0.327 e. The van der Waals surface area contributed by atoms with Crippen molar-refractivity contribution < 1.29 is 19.4 Å². The maximum atomic E-state index is 12.8. The number of carbonyl (C=O) groups is 2. The summed E-state index contributed by atoms with van der Waals surface area (Å²) >= 11 is 0. The summed E-state index contributed by atoms with van der Waals surface area (Å²) in [4.78, 5) is 28.0. The van der Waals surface area contributed by atoms with Gasteiger partial charge in [0.05, 0.1) is 6.54 Å². The highest BCUT2D eigenvalue weighted by Crippen LogP contribution is 2.36. The quantitative estimate of drug-likeness (QED) is 0.465. The number of benzene rings is 2. The number of pyridine rings is 1. The molecule has 0 atom stereocenters. The van der Waals surface area contributed by atoms with Crippen molar-refractivity contribution in [1.29, 1.82) is 0 Å². The Morgan fingerprint density at radius 3 is 2.37 bits per heavy atom. The highest BCUT2D eigenvalue weighted by atomic mass is 16.5. The van der Waals surface area contributed by atoms with E-state index in [0.717, 1.165) is 23.7 Å². The van der Waals surface area contributed by atoms with Crippen molar-refractivity contribution in [3.63, 3.8) is 0 Å². The molecule has 0 radical (unpaired) electrons. The highest BCUT2D eigenvalue weighted by molar-refractivity contribution is 6.02. The fourth-order valence-electron chi connectivity index (χ4n) is 4.55. The molecule has 2 aliphatic rings. The van der Waals surface area contributed by atoms with Crippen LogP contribution in [0.15, 0.2) is 66.9 Å². The smallest absolute Gasteiger partial charge is 0.327 e. The standard InChI is InChI=1S/C26H27N3O2.C2H4O2/c30-26(28-23-9-5-2-6-10-23)29-15-16-31-24-17-22(18-27-25(24)29)21-13-11-20(12-14-21)19-7-3-1-4-8-19;1-2(3)4/h2,5-6,9-14,17-19H,1,3-4,7-8,15-16H2,(H,28,30);1H3,(H,3,4). The van der Waals surface area contributed by atoms with Crippen LogP contribution in [0.2, 0.25) is 0 Å². The number of carboxylic acid groups (broad SMARTS) is 1. The molecule has 1 aliphatic carbocycles. The van der Waals surface area contributed by atoms with Gasteiger partial charge in [0.1, 0.15) is 6.61 Å². The van der Waals surface area contributed by atoms with Gasteiger partial charge in [0.2, 0.25) is 0 Å². The van der Waals surface area contributed by atoms with Crippen LogP contribution >= 0.6 is 0 Å². The zero-order valence-electron chi connectivity index (χ0n) is 19.9. The van der Waals surface area contributed by atoms with Crippen LogP contribution in [0, 0.1) is 0 Å². The van der Waals surface area contributed by atoms with Crippen molar-refractivity contribution in [2.45, 2.75) is 44.9 Å². The second-order valence-electron chi connectivity index (χ2n) is 8.82. The van der Waals surface area contributed by atoms with Crippen molar-refractivity contribution in [2.75, 3.05) is 23.4 Å². The normalized spacial score (nSPS) is 15.2. The number of urea groups is 1. The molecule has 1 aliphatic heterocycles. The van der Waals surface area contributed by atoms with E-state index >= 15 is 0 Å². The number of anilines is 2. The Morgan fingerprint density at radius 2 is 1.69 bits per heavy atom. The number of amides is 2. The summed E-state index contributed by atoms with van der Waals surface area (Å²) in [5, 5.41) is 10.3. The molecular formula is C28H31N3O4. The zero-order valence-corrected chi connectivity index (χ0v) is 19.9. The van der Waals surface area contributed by atoms with Crippen molar-refractivity contribution in [3.8, 4) is 16.9 Å². The lowest BCUT2D eigenvalue weighted by Crippen LogP contribution is -2.41. The van der Waals surface area contributed by atoms with E-state index in [1.54, 1.807) is 4.90 Å². The molecule has 35 heavy (non-hydrogen) atoms. The molecule has 5 rings (SSSR count). The van der Waals surface area contributed by atoms with Gasteiger partial charge in [-0.1, -0.05) is 61.7 Å². The predicted molar refractivity (Wildman–Crippen MR) is 137 cm³/mol. The Labute approximate surface area is 205 Å². The van der Waals surface area contributed by atoms with Crippen molar-refractivity contribution in [3.05, 3.63) is 72.4 Å². The van der Waals surface area contributed by atoms with Crippen LogP contribution in [0.5, 0.6) is 5.75 Å². The largest absolute Gasteiger partial charge is 0.488 e. The Morgan fingerprint density at radius 1 is 1.00 bits per heavy atom. The first-order valence-corrected chi connectivity index (χ1v) is 12.1. The molecule has 3 aromatic rings. The first-order chi connectivity index (χ1) is 17.0. The van der Waals surface area contributed by atoms with Gasteiger partial charge in [0.25, 0.3) is 5.97 Å². The Hall–Kier alpha value is -3.87. The third-order valence-electron chi connectivity index (χ3n) is 6.25. The molecule has 0 bridgehead atoms. The number of nitrogens with zero attached hydrogens (tertiary/aromatic N) is 2. The predicted octanol–water partition coefficient (Wildman–Crippen LogP) is 6.32. The van der Waals surface area contributed by atoms with Gasteiger partial charge in [-0.3, -0.25) is 9.69 Å². The number of carboxylic acids is 1. The number of fused-ring (bicyclic) bond motifs is 1. The number of ether oxygens (including phenoxy) is 1. The molecule has 2 heterocycles. The summed E-state index contributed by atoms with van der Waals surface area (Å²) in [6.07, 6.45) is 8.48. The van der Waals surface area contributed by atoms with E-state index in [9.17, 15) is 4.79 Å². The minimum Gasteiger partial charge on any atom is -0.488 e. The Balaban J connectivity index is 0.000000672. The number of para-hydroxylation sites is 1. The molecule has 182 valence electrons. The SMILES string of the molecule is CC(=O)O.O=C(Nc1ccccc1)N1CCOc2cc(-c3ccc(C4CCCCC4)cc3)cnc21. The summed E-state index contributed by atoms with van der Waals surface area (Å²) in [5.74, 6) is 1.06. The van der Waals surface area contributed by atoms with Gasteiger partial charge >= 0.3 is 6.03 Å². The van der Waals surface area contributed by atoms with Crippen molar-refractivity contribution in [2.24, 2.45) is 0 Å².